The van der Waals surface area contributed by atoms with Crippen molar-refractivity contribution < 1.29 is 14.6 Å². The summed E-state index contributed by atoms with van der Waals surface area (Å²) in [6.45, 7) is 0.442. The molecule has 0 aliphatic rings. The summed E-state index contributed by atoms with van der Waals surface area (Å²) in [7, 11) is 0. The minimum absolute atomic E-state index is 0.442. The smallest absolute Gasteiger partial charge is 0.273 e. The highest BCUT2D eigenvalue weighted by Crippen LogP contribution is 2.15. The van der Waals surface area contributed by atoms with E-state index in [1.807, 2.05) is 54.6 Å². The Morgan fingerprint density at radius 3 is 2.39 bits per heavy atom. The molecule has 0 aliphatic heterocycles. The number of halogens is 1. The van der Waals surface area contributed by atoms with Crippen molar-refractivity contribution in [3.8, 4) is 5.75 Å². The number of carbonyl (C=O) groups is 1. The number of amides is 1. The number of rotatable bonds is 7. The van der Waals surface area contributed by atoms with E-state index in [1.165, 1.54) is 6.21 Å². The standard InChI is InChI=1S/C22H19ClN2O3/c23-19-10-6-17(7-11-19)15-28-20-12-8-16(9-13-20)14-24-25-22(27)21(26)18-4-2-1-3-5-18/h1-14,21,26H,15H2,(H,25,27)/b24-14+. The molecule has 0 aliphatic carbocycles. The van der Waals surface area contributed by atoms with Crippen LogP contribution in [0, 0.1) is 0 Å². The Balaban J connectivity index is 1.49. The summed E-state index contributed by atoms with van der Waals surface area (Å²) in [4.78, 5) is 11.9. The largest absolute Gasteiger partial charge is 0.489 e. The molecule has 1 amide bonds. The quantitative estimate of drug-likeness (QED) is 0.468. The van der Waals surface area contributed by atoms with Gasteiger partial charge >= 0.3 is 0 Å². The summed E-state index contributed by atoms with van der Waals surface area (Å²) in [5.74, 6) is 0.126. The number of hydrazone groups is 1. The minimum atomic E-state index is -1.26. The highest BCUT2D eigenvalue weighted by atomic mass is 35.5. The van der Waals surface area contributed by atoms with E-state index in [2.05, 4.69) is 10.5 Å². The number of nitrogens with one attached hydrogen (secondary N) is 1. The number of hydrogen-bond acceptors (Lipinski definition) is 4. The molecular formula is C22H19ClN2O3. The molecule has 142 valence electrons. The van der Waals surface area contributed by atoms with Crippen molar-refractivity contribution in [3.05, 3.63) is 101 Å². The minimum Gasteiger partial charge on any atom is -0.489 e. The lowest BCUT2D eigenvalue weighted by Crippen LogP contribution is -2.25. The van der Waals surface area contributed by atoms with Gasteiger partial charge in [0.25, 0.3) is 5.91 Å². The van der Waals surface area contributed by atoms with E-state index < -0.39 is 12.0 Å². The fourth-order valence-electron chi connectivity index (χ4n) is 2.42. The Labute approximate surface area is 168 Å². The lowest BCUT2D eigenvalue weighted by atomic mass is 10.1. The van der Waals surface area contributed by atoms with E-state index in [0.29, 0.717) is 17.2 Å². The first-order chi connectivity index (χ1) is 13.6. The van der Waals surface area contributed by atoms with Crippen molar-refractivity contribution in [2.75, 3.05) is 0 Å². The monoisotopic (exact) mass is 394 g/mol. The molecule has 28 heavy (non-hydrogen) atoms. The van der Waals surface area contributed by atoms with E-state index in [0.717, 1.165) is 16.9 Å². The van der Waals surface area contributed by atoms with Crippen LogP contribution in [0.3, 0.4) is 0 Å². The maximum Gasteiger partial charge on any atom is 0.273 e. The summed E-state index contributed by atoms with van der Waals surface area (Å²) < 4.78 is 5.72. The summed E-state index contributed by atoms with van der Waals surface area (Å²) in [6, 6.07) is 23.4. The van der Waals surface area contributed by atoms with Gasteiger partial charge in [-0.3, -0.25) is 4.79 Å². The SMILES string of the molecule is O=C(N/N=C/c1ccc(OCc2ccc(Cl)cc2)cc1)C(O)c1ccccc1. The third kappa shape index (κ3) is 5.67. The maximum atomic E-state index is 11.9. The number of aliphatic hydroxyl groups is 1. The number of aliphatic hydroxyl groups excluding tert-OH is 1. The molecule has 0 heterocycles. The van der Waals surface area contributed by atoms with Gasteiger partial charge in [-0.05, 0) is 53.1 Å². The van der Waals surface area contributed by atoms with Crippen molar-refractivity contribution in [1.29, 1.82) is 0 Å². The van der Waals surface area contributed by atoms with E-state index in [4.69, 9.17) is 16.3 Å². The molecule has 1 atom stereocenters. The number of hydrogen-bond donors (Lipinski definition) is 2. The van der Waals surface area contributed by atoms with Gasteiger partial charge in [-0.2, -0.15) is 5.10 Å². The molecule has 5 nitrogen and oxygen atoms in total. The Kier molecular flexibility index (Phi) is 6.78. The van der Waals surface area contributed by atoms with Gasteiger partial charge in [-0.25, -0.2) is 5.43 Å². The highest BCUT2D eigenvalue weighted by Gasteiger charge is 2.15. The van der Waals surface area contributed by atoms with E-state index in [1.54, 1.807) is 24.3 Å². The van der Waals surface area contributed by atoms with Crippen LogP contribution in [0.2, 0.25) is 5.02 Å². The van der Waals surface area contributed by atoms with Gasteiger partial charge in [0.05, 0.1) is 6.21 Å². The van der Waals surface area contributed by atoms with E-state index >= 15 is 0 Å². The predicted molar refractivity (Wildman–Crippen MR) is 109 cm³/mol. The molecule has 0 fully saturated rings. The second-order valence-corrected chi connectivity index (χ2v) is 6.47. The molecule has 0 spiro atoms. The molecule has 2 N–H and O–H groups in total. The van der Waals surface area contributed by atoms with Crippen LogP contribution in [-0.2, 0) is 11.4 Å². The second-order valence-electron chi connectivity index (χ2n) is 6.03. The van der Waals surface area contributed by atoms with Crippen molar-refractivity contribution >= 4 is 23.7 Å². The van der Waals surface area contributed by atoms with Gasteiger partial charge in [0, 0.05) is 5.02 Å². The van der Waals surface area contributed by atoms with Crippen molar-refractivity contribution in [1.82, 2.24) is 5.43 Å². The number of ether oxygens (including phenoxy) is 1. The Morgan fingerprint density at radius 2 is 1.71 bits per heavy atom. The lowest BCUT2D eigenvalue weighted by Gasteiger charge is -2.08. The lowest BCUT2D eigenvalue weighted by molar-refractivity contribution is -0.129. The van der Waals surface area contributed by atoms with E-state index in [9.17, 15) is 9.90 Å². The third-order valence-electron chi connectivity index (χ3n) is 3.95. The van der Waals surface area contributed by atoms with Gasteiger partial charge < -0.3 is 9.84 Å². The first-order valence-electron chi connectivity index (χ1n) is 8.65. The molecule has 0 aromatic heterocycles. The van der Waals surface area contributed by atoms with Crippen LogP contribution in [0.15, 0.2) is 84.0 Å². The number of carbonyl (C=O) groups excluding carboxylic acids is 1. The van der Waals surface area contributed by atoms with Crippen LogP contribution in [0.5, 0.6) is 5.75 Å². The van der Waals surface area contributed by atoms with Gasteiger partial charge in [0.2, 0.25) is 0 Å². The highest BCUT2D eigenvalue weighted by molar-refractivity contribution is 6.30. The zero-order chi connectivity index (χ0) is 19.8. The molecular weight excluding hydrogens is 376 g/mol. The van der Waals surface area contributed by atoms with Gasteiger partial charge in [0.15, 0.2) is 6.10 Å². The van der Waals surface area contributed by atoms with Crippen LogP contribution in [0.4, 0.5) is 0 Å². The van der Waals surface area contributed by atoms with Crippen molar-refractivity contribution in [2.45, 2.75) is 12.7 Å². The Morgan fingerprint density at radius 1 is 1.04 bits per heavy atom. The Bertz CT molecular complexity index is 926. The molecule has 0 saturated heterocycles. The number of nitrogens with zero attached hydrogens (tertiary/aromatic N) is 1. The van der Waals surface area contributed by atoms with Crippen LogP contribution < -0.4 is 10.2 Å². The second kappa shape index (κ2) is 9.69. The van der Waals surface area contributed by atoms with Crippen molar-refractivity contribution in [2.24, 2.45) is 5.10 Å². The van der Waals surface area contributed by atoms with Gasteiger partial charge in [-0.1, -0.05) is 54.1 Å². The summed E-state index contributed by atoms with van der Waals surface area (Å²) >= 11 is 5.86. The fourth-order valence-corrected chi connectivity index (χ4v) is 2.54. The van der Waals surface area contributed by atoms with Crippen molar-refractivity contribution in [3.63, 3.8) is 0 Å². The zero-order valence-electron chi connectivity index (χ0n) is 15.0. The number of benzene rings is 3. The van der Waals surface area contributed by atoms with Crippen LogP contribution in [-0.4, -0.2) is 17.2 Å². The zero-order valence-corrected chi connectivity index (χ0v) is 15.7. The summed E-state index contributed by atoms with van der Waals surface area (Å²) in [5, 5.41) is 14.6. The molecule has 3 aromatic rings. The first-order valence-corrected chi connectivity index (χ1v) is 9.03. The molecule has 6 heteroatoms. The van der Waals surface area contributed by atoms with Crippen LogP contribution in [0.1, 0.15) is 22.8 Å². The van der Waals surface area contributed by atoms with E-state index in [-0.39, 0.29) is 0 Å². The average molecular weight is 395 g/mol. The summed E-state index contributed by atoms with van der Waals surface area (Å²) in [6.07, 6.45) is 0.237. The first kappa shape index (κ1) is 19.6. The summed E-state index contributed by atoms with van der Waals surface area (Å²) in [5.41, 5.74) is 4.65. The molecule has 0 radical (unpaired) electrons. The molecule has 3 rings (SSSR count). The third-order valence-corrected chi connectivity index (χ3v) is 4.20. The average Bonchev–Trinajstić information content (AvgIpc) is 2.74. The normalized spacial score (nSPS) is 11.9. The van der Waals surface area contributed by atoms with Crippen LogP contribution in [0.25, 0.3) is 0 Å². The topological polar surface area (TPSA) is 70.9 Å². The Hall–Kier alpha value is -3.15. The maximum absolute atomic E-state index is 11.9. The van der Waals surface area contributed by atoms with Crippen LogP contribution >= 0.6 is 11.6 Å². The predicted octanol–water partition coefficient (Wildman–Crippen LogP) is 4.10. The molecule has 0 bridgehead atoms. The van der Waals surface area contributed by atoms with Gasteiger partial charge in [0.1, 0.15) is 12.4 Å². The molecule has 3 aromatic carbocycles. The van der Waals surface area contributed by atoms with Gasteiger partial charge in [-0.15, -0.1) is 0 Å². The molecule has 0 saturated carbocycles. The molecule has 1 unspecified atom stereocenters. The fraction of sp³-hybridized carbons (Fsp3) is 0.0909.